The van der Waals surface area contributed by atoms with Crippen molar-refractivity contribution in [1.29, 1.82) is 0 Å². The summed E-state index contributed by atoms with van der Waals surface area (Å²) < 4.78 is 4.83. The topological polar surface area (TPSA) is 72.7 Å². The average molecular weight is 287 g/mol. The molecule has 19 heavy (non-hydrogen) atoms. The zero-order chi connectivity index (χ0) is 14.4. The second-order valence-electron chi connectivity index (χ2n) is 4.01. The predicted octanol–water partition coefficient (Wildman–Crippen LogP) is 2.24. The highest BCUT2D eigenvalue weighted by atomic mass is 35.5. The van der Waals surface area contributed by atoms with Gasteiger partial charge in [0.05, 0.1) is 23.1 Å². The van der Waals surface area contributed by atoms with Crippen LogP contribution in [-0.4, -0.2) is 36.0 Å². The van der Waals surface area contributed by atoms with E-state index in [0.29, 0.717) is 18.2 Å². The number of ether oxygens (including phenoxy) is 1. The minimum Gasteiger partial charge on any atom is -0.465 e. The van der Waals surface area contributed by atoms with Crippen LogP contribution in [0.5, 0.6) is 0 Å². The molecular formula is C12H15ClN2O4. The summed E-state index contributed by atoms with van der Waals surface area (Å²) in [5.41, 5.74) is 0.667. The highest BCUT2D eigenvalue weighted by molar-refractivity contribution is 6.31. The Morgan fingerprint density at radius 1 is 1.53 bits per heavy atom. The molecule has 0 fully saturated rings. The molecule has 1 aromatic carbocycles. The minimum absolute atomic E-state index is 0.0539. The van der Waals surface area contributed by atoms with E-state index in [-0.39, 0.29) is 18.2 Å². The van der Waals surface area contributed by atoms with Crippen molar-refractivity contribution in [3.05, 3.63) is 38.9 Å². The Bertz CT molecular complexity index is 479. The van der Waals surface area contributed by atoms with Crippen molar-refractivity contribution >= 4 is 23.3 Å². The molecule has 6 nitrogen and oxygen atoms in total. The summed E-state index contributed by atoms with van der Waals surface area (Å²) in [6.45, 7) is 2.63. The Kier molecular flexibility index (Phi) is 5.72. The van der Waals surface area contributed by atoms with Crippen molar-refractivity contribution < 1.29 is 14.5 Å². The van der Waals surface area contributed by atoms with Crippen molar-refractivity contribution in [3.63, 3.8) is 0 Å². The molecule has 0 unspecified atom stereocenters. The van der Waals surface area contributed by atoms with Gasteiger partial charge in [-0.2, -0.15) is 0 Å². The molecule has 1 rings (SSSR count). The third-order valence-electron chi connectivity index (χ3n) is 2.39. The average Bonchev–Trinajstić information content (AvgIpc) is 2.31. The number of non-ortho nitro benzene ring substituents is 1. The number of carbonyl (C=O) groups excluding carboxylic acids is 1. The van der Waals surface area contributed by atoms with Crippen LogP contribution in [0, 0.1) is 10.1 Å². The number of halogens is 1. The summed E-state index contributed by atoms with van der Waals surface area (Å²) in [5.74, 6) is -0.317. The van der Waals surface area contributed by atoms with Gasteiger partial charge < -0.3 is 4.74 Å². The molecule has 0 atom stereocenters. The van der Waals surface area contributed by atoms with Crippen LogP contribution in [0.4, 0.5) is 5.69 Å². The molecule has 0 aliphatic carbocycles. The van der Waals surface area contributed by atoms with Gasteiger partial charge in [0.1, 0.15) is 0 Å². The zero-order valence-electron chi connectivity index (χ0n) is 10.8. The number of likely N-dealkylation sites (N-methyl/N-ethyl adjacent to an activating group) is 1. The van der Waals surface area contributed by atoms with Crippen LogP contribution in [0.15, 0.2) is 18.2 Å². The fraction of sp³-hybridized carbons (Fsp3) is 0.417. The Morgan fingerprint density at radius 3 is 2.74 bits per heavy atom. The summed E-state index contributed by atoms with van der Waals surface area (Å²) in [4.78, 5) is 23.1. The van der Waals surface area contributed by atoms with Crippen LogP contribution in [0.1, 0.15) is 12.5 Å². The molecule has 0 N–H and O–H groups in total. The van der Waals surface area contributed by atoms with E-state index in [9.17, 15) is 14.9 Å². The van der Waals surface area contributed by atoms with E-state index in [2.05, 4.69) is 0 Å². The normalized spacial score (nSPS) is 10.5. The van der Waals surface area contributed by atoms with E-state index >= 15 is 0 Å². The number of nitro benzene ring substituents is 1. The van der Waals surface area contributed by atoms with Gasteiger partial charge in [0, 0.05) is 18.7 Å². The number of carbonyl (C=O) groups is 1. The molecule has 0 saturated heterocycles. The number of rotatable bonds is 6. The molecule has 1 aromatic rings. The van der Waals surface area contributed by atoms with Crippen LogP contribution in [0.25, 0.3) is 0 Å². The van der Waals surface area contributed by atoms with Crippen LogP contribution in [0.3, 0.4) is 0 Å². The van der Waals surface area contributed by atoms with Gasteiger partial charge in [-0.1, -0.05) is 11.6 Å². The van der Waals surface area contributed by atoms with E-state index in [0.717, 1.165) is 5.56 Å². The quantitative estimate of drug-likeness (QED) is 0.455. The van der Waals surface area contributed by atoms with Gasteiger partial charge in [-0.3, -0.25) is 19.8 Å². The van der Waals surface area contributed by atoms with E-state index < -0.39 is 4.92 Å². The van der Waals surface area contributed by atoms with Crippen molar-refractivity contribution in [2.75, 3.05) is 20.2 Å². The maximum Gasteiger partial charge on any atom is 0.320 e. The summed E-state index contributed by atoms with van der Waals surface area (Å²) in [6, 6.07) is 4.27. The molecule has 0 aliphatic rings. The largest absolute Gasteiger partial charge is 0.465 e. The zero-order valence-corrected chi connectivity index (χ0v) is 11.5. The summed E-state index contributed by atoms with van der Waals surface area (Å²) in [6.07, 6.45) is 0. The SMILES string of the molecule is CCOC(=O)CN(C)Cc1ccc([N+](=O)[O-])cc1Cl. The Balaban J connectivity index is 2.66. The summed E-state index contributed by atoms with van der Waals surface area (Å²) in [7, 11) is 1.74. The molecule has 0 aliphatic heterocycles. The summed E-state index contributed by atoms with van der Waals surface area (Å²) >= 11 is 5.97. The molecule has 104 valence electrons. The lowest BCUT2D eigenvalue weighted by Gasteiger charge is -2.16. The van der Waals surface area contributed by atoms with Gasteiger partial charge in [-0.05, 0) is 25.6 Å². The number of nitro groups is 1. The first-order valence-corrected chi connectivity index (χ1v) is 6.08. The summed E-state index contributed by atoms with van der Waals surface area (Å²) in [5, 5.41) is 10.9. The standard InChI is InChI=1S/C12H15ClN2O4/c1-3-19-12(16)8-14(2)7-9-4-5-10(15(17)18)6-11(9)13/h4-6H,3,7-8H2,1-2H3. The van der Waals surface area contributed by atoms with Gasteiger partial charge >= 0.3 is 5.97 Å². The fourth-order valence-corrected chi connectivity index (χ4v) is 1.79. The number of hydrogen-bond acceptors (Lipinski definition) is 5. The maximum atomic E-state index is 11.3. The highest BCUT2D eigenvalue weighted by Crippen LogP contribution is 2.23. The third kappa shape index (κ3) is 4.84. The maximum absolute atomic E-state index is 11.3. The lowest BCUT2D eigenvalue weighted by Crippen LogP contribution is -2.27. The second-order valence-corrected chi connectivity index (χ2v) is 4.42. The minimum atomic E-state index is -0.502. The monoisotopic (exact) mass is 286 g/mol. The number of esters is 1. The predicted molar refractivity (Wildman–Crippen MR) is 71.1 cm³/mol. The van der Waals surface area contributed by atoms with Crippen molar-refractivity contribution in [1.82, 2.24) is 4.90 Å². The van der Waals surface area contributed by atoms with Gasteiger partial charge in [-0.25, -0.2) is 0 Å². The van der Waals surface area contributed by atoms with Crippen LogP contribution in [-0.2, 0) is 16.1 Å². The lowest BCUT2D eigenvalue weighted by atomic mass is 10.2. The van der Waals surface area contributed by atoms with Crippen molar-refractivity contribution in [2.45, 2.75) is 13.5 Å². The van der Waals surface area contributed by atoms with Crippen molar-refractivity contribution in [2.24, 2.45) is 0 Å². The smallest absolute Gasteiger partial charge is 0.320 e. The Labute approximate surface area is 116 Å². The second kappa shape index (κ2) is 7.06. The molecule has 0 spiro atoms. The van der Waals surface area contributed by atoms with Crippen LogP contribution < -0.4 is 0 Å². The highest BCUT2D eigenvalue weighted by Gasteiger charge is 2.12. The molecule has 0 radical (unpaired) electrons. The molecule has 0 amide bonds. The number of hydrogen-bond donors (Lipinski definition) is 0. The van der Waals surface area contributed by atoms with Crippen LogP contribution >= 0.6 is 11.6 Å². The molecule has 0 saturated carbocycles. The first-order valence-electron chi connectivity index (χ1n) is 5.71. The van der Waals surface area contributed by atoms with Crippen molar-refractivity contribution in [3.8, 4) is 0 Å². The van der Waals surface area contributed by atoms with Gasteiger partial charge in [0.15, 0.2) is 0 Å². The van der Waals surface area contributed by atoms with Gasteiger partial charge in [-0.15, -0.1) is 0 Å². The fourth-order valence-electron chi connectivity index (χ4n) is 1.55. The number of nitrogens with zero attached hydrogens (tertiary/aromatic N) is 2. The van der Waals surface area contributed by atoms with Gasteiger partial charge in [0.25, 0.3) is 5.69 Å². The van der Waals surface area contributed by atoms with E-state index in [4.69, 9.17) is 16.3 Å². The lowest BCUT2D eigenvalue weighted by molar-refractivity contribution is -0.384. The van der Waals surface area contributed by atoms with E-state index in [1.54, 1.807) is 24.9 Å². The molecule has 0 aromatic heterocycles. The molecular weight excluding hydrogens is 272 g/mol. The third-order valence-corrected chi connectivity index (χ3v) is 2.74. The first kappa shape index (κ1) is 15.4. The Morgan fingerprint density at radius 2 is 2.21 bits per heavy atom. The molecule has 0 bridgehead atoms. The first-order chi connectivity index (χ1) is 8.93. The number of benzene rings is 1. The molecule has 7 heteroatoms. The Hall–Kier alpha value is -1.66. The van der Waals surface area contributed by atoms with Crippen LogP contribution in [0.2, 0.25) is 5.02 Å². The molecule has 0 heterocycles. The van der Waals surface area contributed by atoms with Gasteiger partial charge in [0.2, 0.25) is 0 Å². The van der Waals surface area contributed by atoms with E-state index in [1.165, 1.54) is 12.1 Å². The van der Waals surface area contributed by atoms with E-state index in [1.807, 2.05) is 0 Å².